The Hall–Kier alpha value is -1.20. The summed E-state index contributed by atoms with van der Waals surface area (Å²) < 4.78 is 5.53. The minimum Gasteiger partial charge on any atom is -0.373 e. The molecule has 92 valence electrons. The number of aromatic nitrogens is 2. The van der Waals surface area contributed by atoms with Gasteiger partial charge in [-0.15, -0.1) is 0 Å². The fourth-order valence-electron chi connectivity index (χ4n) is 2.61. The van der Waals surface area contributed by atoms with E-state index in [0.717, 1.165) is 36.6 Å². The number of anilines is 1. The van der Waals surface area contributed by atoms with Crippen LogP contribution in [0, 0.1) is 5.92 Å². The molecule has 1 aromatic heterocycles. The second-order valence-corrected chi connectivity index (χ2v) is 4.85. The van der Waals surface area contributed by atoms with Gasteiger partial charge < -0.3 is 10.2 Å². The molecule has 2 aliphatic carbocycles. The summed E-state index contributed by atoms with van der Waals surface area (Å²) in [5.74, 6) is 7.71. The molecule has 3 N–H and O–H groups in total. The van der Waals surface area contributed by atoms with Crippen molar-refractivity contribution >= 4 is 5.82 Å². The summed E-state index contributed by atoms with van der Waals surface area (Å²) in [5, 5.41) is 0. The van der Waals surface area contributed by atoms with Gasteiger partial charge in [0.2, 0.25) is 0 Å². The van der Waals surface area contributed by atoms with Gasteiger partial charge in [-0.2, -0.15) is 0 Å². The SMILES string of the molecule is COC(c1nc2c(c(NN)n1)CCC2)C1CC1. The van der Waals surface area contributed by atoms with E-state index in [2.05, 4.69) is 15.4 Å². The van der Waals surface area contributed by atoms with Gasteiger partial charge in [-0.1, -0.05) is 0 Å². The van der Waals surface area contributed by atoms with Gasteiger partial charge in [0.15, 0.2) is 5.82 Å². The fourth-order valence-corrected chi connectivity index (χ4v) is 2.61. The highest BCUT2D eigenvalue weighted by molar-refractivity contribution is 5.48. The summed E-state index contributed by atoms with van der Waals surface area (Å²) in [5.41, 5.74) is 5.03. The number of nitrogens with zero attached hydrogens (tertiary/aromatic N) is 2. The summed E-state index contributed by atoms with van der Waals surface area (Å²) in [6.07, 6.45) is 5.65. The molecule has 0 bridgehead atoms. The van der Waals surface area contributed by atoms with E-state index in [4.69, 9.17) is 10.6 Å². The van der Waals surface area contributed by atoms with Crippen LogP contribution in [0.4, 0.5) is 5.82 Å². The largest absolute Gasteiger partial charge is 0.373 e. The molecule has 17 heavy (non-hydrogen) atoms. The number of nitrogen functional groups attached to an aromatic ring is 1. The molecule has 5 heteroatoms. The molecule has 0 spiro atoms. The first-order chi connectivity index (χ1) is 8.33. The molecule has 0 aromatic carbocycles. The quantitative estimate of drug-likeness (QED) is 0.607. The van der Waals surface area contributed by atoms with Crippen LogP contribution in [0.1, 0.15) is 42.4 Å². The number of aryl methyl sites for hydroxylation is 1. The maximum Gasteiger partial charge on any atom is 0.160 e. The van der Waals surface area contributed by atoms with Gasteiger partial charge in [0.1, 0.15) is 11.9 Å². The third-order valence-corrected chi connectivity index (χ3v) is 3.65. The summed E-state index contributed by atoms with van der Waals surface area (Å²) in [6, 6.07) is 0. The van der Waals surface area contributed by atoms with Gasteiger partial charge >= 0.3 is 0 Å². The molecule has 0 aliphatic heterocycles. The van der Waals surface area contributed by atoms with Crippen LogP contribution in [0.15, 0.2) is 0 Å². The topological polar surface area (TPSA) is 73.1 Å². The Morgan fingerprint density at radius 3 is 2.82 bits per heavy atom. The van der Waals surface area contributed by atoms with Gasteiger partial charge in [0, 0.05) is 18.4 Å². The summed E-state index contributed by atoms with van der Waals surface area (Å²) >= 11 is 0. The minimum absolute atomic E-state index is 0.0352. The van der Waals surface area contributed by atoms with Crippen LogP contribution in [-0.2, 0) is 17.6 Å². The summed E-state index contributed by atoms with van der Waals surface area (Å²) in [6.45, 7) is 0. The van der Waals surface area contributed by atoms with Crippen molar-refractivity contribution in [3.05, 3.63) is 17.1 Å². The highest BCUT2D eigenvalue weighted by atomic mass is 16.5. The second-order valence-electron chi connectivity index (χ2n) is 4.85. The highest BCUT2D eigenvalue weighted by Crippen LogP contribution is 2.42. The summed E-state index contributed by atoms with van der Waals surface area (Å²) in [7, 11) is 1.73. The van der Waals surface area contributed by atoms with Crippen molar-refractivity contribution in [3.8, 4) is 0 Å². The van der Waals surface area contributed by atoms with Gasteiger partial charge in [-0.3, -0.25) is 0 Å². The maximum atomic E-state index is 5.54. The highest BCUT2D eigenvalue weighted by Gasteiger charge is 2.35. The summed E-state index contributed by atoms with van der Waals surface area (Å²) in [4.78, 5) is 9.19. The third kappa shape index (κ3) is 1.89. The zero-order valence-corrected chi connectivity index (χ0v) is 10.1. The Morgan fingerprint density at radius 2 is 2.18 bits per heavy atom. The van der Waals surface area contributed by atoms with E-state index >= 15 is 0 Å². The Balaban J connectivity index is 1.99. The van der Waals surface area contributed by atoms with E-state index in [-0.39, 0.29) is 6.10 Å². The molecule has 1 atom stereocenters. The number of hydrogen-bond donors (Lipinski definition) is 2. The fraction of sp³-hybridized carbons (Fsp3) is 0.667. The second kappa shape index (κ2) is 4.23. The molecule has 1 aromatic rings. The Bertz CT molecular complexity index is 431. The van der Waals surface area contributed by atoms with Crippen molar-refractivity contribution in [2.75, 3.05) is 12.5 Å². The van der Waals surface area contributed by atoms with E-state index in [0.29, 0.717) is 5.92 Å². The Kier molecular flexibility index (Phi) is 2.72. The van der Waals surface area contributed by atoms with Crippen molar-refractivity contribution < 1.29 is 4.74 Å². The van der Waals surface area contributed by atoms with Crippen LogP contribution in [-0.4, -0.2) is 17.1 Å². The molecule has 3 rings (SSSR count). The maximum absolute atomic E-state index is 5.54. The lowest BCUT2D eigenvalue weighted by Crippen LogP contribution is -2.16. The predicted molar refractivity (Wildman–Crippen MR) is 64.3 cm³/mol. The van der Waals surface area contributed by atoms with Crippen molar-refractivity contribution in [3.63, 3.8) is 0 Å². The van der Waals surface area contributed by atoms with E-state index in [1.165, 1.54) is 18.4 Å². The number of rotatable bonds is 4. The predicted octanol–water partition coefficient (Wildman–Crippen LogP) is 1.35. The molecule has 0 saturated heterocycles. The van der Waals surface area contributed by atoms with Crippen LogP contribution in [0.3, 0.4) is 0 Å². The van der Waals surface area contributed by atoms with Crippen LogP contribution in [0.25, 0.3) is 0 Å². The normalized spacial score (nSPS) is 20.1. The molecule has 5 nitrogen and oxygen atoms in total. The average Bonchev–Trinajstić information content (AvgIpc) is 3.06. The van der Waals surface area contributed by atoms with Crippen molar-refractivity contribution in [1.29, 1.82) is 0 Å². The molecule has 0 radical (unpaired) electrons. The lowest BCUT2D eigenvalue weighted by Gasteiger charge is -2.16. The zero-order valence-electron chi connectivity index (χ0n) is 10.1. The molecule has 1 heterocycles. The van der Waals surface area contributed by atoms with Crippen LogP contribution in [0.2, 0.25) is 0 Å². The number of methoxy groups -OCH3 is 1. The van der Waals surface area contributed by atoms with Gasteiger partial charge in [-0.25, -0.2) is 15.8 Å². The van der Waals surface area contributed by atoms with Gasteiger partial charge in [0.05, 0.1) is 0 Å². The number of nitrogens with two attached hydrogens (primary N) is 1. The molecule has 1 saturated carbocycles. The van der Waals surface area contributed by atoms with Gasteiger partial charge in [0.25, 0.3) is 0 Å². The zero-order chi connectivity index (χ0) is 11.8. The standard InChI is InChI=1S/C12H18N4O/c1-17-10(7-5-6-7)12-14-9-4-2-3-8(9)11(15-12)16-13/h7,10H,2-6,13H2,1H3,(H,14,15,16). The first-order valence-corrected chi connectivity index (χ1v) is 6.22. The molecule has 1 fully saturated rings. The van der Waals surface area contributed by atoms with Crippen LogP contribution < -0.4 is 11.3 Å². The number of ether oxygens (including phenoxy) is 1. The molecule has 1 unspecified atom stereocenters. The Morgan fingerprint density at radius 1 is 1.35 bits per heavy atom. The van der Waals surface area contributed by atoms with Crippen LogP contribution >= 0.6 is 0 Å². The van der Waals surface area contributed by atoms with E-state index in [1.54, 1.807) is 7.11 Å². The third-order valence-electron chi connectivity index (χ3n) is 3.65. The van der Waals surface area contributed by atoms with E-state index < -0.39 is 0 Å². The van der Waals surface area contributed by atoms with E-state index in [9.17, 15) is 0 Å². The van der Waals surface area contributed by atoms with Crippen LogP contribution in [0.5, 0.6) is 0 Å². The van der Waals surface area contributed by atoms with Crippen molar-refractivity contribution in [1.82, 2.24) is 9.97 Å². The number of hydrazine groups is 1. The Labute approximate surface area is 101 Å². The van der Waals surface area contributed by atoms with Crippen molar-refractivity contribution in [2.24, 2.45) is 11.8 Å². The lowest BCUT2D eigenvalue weighted by atomic mass is 10.2. The smallest absolute Gasteiger partial charge is 0.160 e. The number of nitrogens with one attached hydrogen (secondary N) is 1. The van der Waals surface area contributed by atoms with E-state index in [1.807, 2.05) is 0 Å². The number of fused-ring (bicyclic) bond motifs is 1. The van der Waals surface area contributed by atoms with Gasteiger partial charge in [-0.05, 0) is 38.0 Å². The molecule has 0 amide bonds. The van der Waals surface area contributed by atoms with Crippen molar-refractivity contribution in [2.45, 2.75) is 38.2 Å². The molecular formula is C12H18N4O. The minimum atomic E-state index is 0.0352. The molecule has 2 aliphatic rings. The lowest BCUT2D eigenvalue weighted by molar-refractivity contribution is 0.0771. The average molecular weight is 234 g/mol. The monoisotopic (exact) mass is 234 g/mol. The first kappa shape index (κ1) is 10.9. The number of hydrogen-bond acceptors (Lipinski definition) is 5. The molecular weight excluding hydrogens is 216 g/mol. The first-order valence-electron chi connectivity index (χ1n) is 6.22.